The number of nitrogens with zero attached hydrogens (tertiary/aromatic N) is 4. The zero-order chi connectivity index (χ0) is 20.2. The Morgan fingerprint density at radius 3 is 2.66 bits per heavy atom. The summed E-state index contributed by atoms with van der Waals surface area (Å²) in [5.74, 6) is 1.45. The predicted molar refractivity (Wildman–Crippen MR) is 108 cm³/mol. The van der Waals surface area contributed by atoms with Crippen molar-refractivity contribution in [2.75, 3.05) is 6.61 Å². The molecule has 2 aliphatic rings. The number of aromatic nitrogens is 3. The third kappa shape index (κ3) is 4.56. The highest BCUT2D eigenvalue weighted by Crippen LogP contribution is 2.20. The Morgan fingerprint density at radius 2 is 1.86 bits per heavy atom. The zero-order valence-electron chi connectivity index (χ0n) is 16.6. The van der Waals surface area contributed by atoms with Crippen molar-refractivity contribution in [2.24, 2.45) is 0 Å². The van der Waals surface area contributed by atoms with Crippen molar-refractivity contribution in [1.82, 2.24) is 19.9 Å². The number of benzene rings is 2. The lowest BCUT2D eigenvalue weighted by Crippen LogP contribution is -2.36. The van der Waals surface area contributed by atoms with Crippen molar-refractivity contribution in [3.05, 3.63) is 71.5 Å². The van der Waals surface area contributed by atoms with E-state index in [1.54, 1.807) is 4.68 Å². The van der Waals surface area contributed by atoms with E-state index in [0.717, 1.165) is 22.8 Å². The van der Waals surface area contributed by atoms with Crippen molar-refractivity contribution in [3.63, 3.8) is 0 Å². The van der Waals surface area contributed by atoms with Crippen LogP contribution in [0.1, 0.15) is 35.5 Å². The van der Waals surface area contributed by atoms with Gasteiger partial charge in [0, 0.05) is 18.2 Å². The van der Waals surface area contributed by atoms with Crippen LogP contribution < -0.4 is 9.47 Å². The molecule has 0 spiro atoms. The molecule has 0 N–H and O–H groups in total. The standard InChI is InChI=1S/C22H24N4O3/c1-16(2)26-13-17-4-3-5-21(12-17)29-15-19-14-25(24-23-19)10-11-28-20-8-6-18(7-9-20)22(26)27/h3-9,12,14,16H,10-11,13,15H2,1-2H3. The maximum absolute atomic E-state index is 13.1. The summed E-state index contributed by atoms with van der Waals surface area (Å²) >= 11 is 0. The smallest absolute Gasteiger partial charge is 0.254 e. The normalized spacial score (nSPS) is 14.9. The highest BCUT2D eigenvalue weighted by Gasteiger charge is 2.19. The highest BCUT2D eigenvalue weighted by molar-refractivity contribution is 5.94. The fourth-order valence-electron chi connectivity index (χ4n) is 3.21. The maximum atomic E-state index is 13.1. The van der Waals surface area contributed by atoms with Crippen LogP contribution in [0, 0.1) is 0 Å². The summed E-state index contributed by atoms with van der Waals surface area (Å²) in [7, 11) is 0. The summed E-state index contributed by atoms with van der Waals surface area (Å²) in [5.41, 5.74) is 2.40. The van der Waals surface area contributed by atoms with E-state index in [9.17, 15) is 4.79 Å². The summed E-state index contributed by atoms with van der Waals surface area (Å²) in [5, 5.41) is 8.26. The molecule has 6 bridgehead atoms. The van der Waals surface area contributed by atoms with Gasteiger partial charge in [-0.1, -0.05) is 17.3 Å². The van der Waals surface area contributed by atoms with Gasteiger partial charge in [-0.3, -0.25) is 4.79 Å². The molecule has 0 saturated heterocycles. The van der Waals surface area contributed by atoms with E-state index in [4.69, 9.17) is 9.47 Å². The Hall–Kier alpha value is -3.35. The fraction of sp³-hybridized carbons (Fsp3) is 0.318. The number of ether oxygens (including phenoxy) is 2. The van der Waals surface area contributed by atoms with E-state index in [2.05, 4.69) is 10.3 Å². The molecule has 29 heavy (non-hydrogen) atoms. The van der Waals surface area contributed by atoms with Crippen LogP contribution in [0.15, 0.2) is 54.7 Å². The van der Waals surface area contributed by atoms with E-state index in [1.807, 2.05) is 73.5 Å². The molecule has 7 nitrogen and oxygen atoms in total. The Labute approximate surface area is 169 Å². The Kier molecular flexibility index (Phi) is 5.46. The summed E-state index contributed by atoms with van der Waals surface area (Å²) in [4.78, 5) is 14.9. The minimum atomic E-state index is -0.00843. The molecule has 7 heteroatoms. The van der Waals surface area contributed by atoms with Gasteiger partial charge in [-0.05, 0) is 55.8 Å². The molecule has 2 aromatic carbocycles. The first-order valence-electron chi connectivity index (χ1n) is 9.73. The van der Waals surface area contributed by atoms with E-state index in [-0.39, 0.29) is 11.9 Å². The van der Waals surface area contributed by atoms with Crippen molar-refractivity contribution in [3.8, 4) is 11.5 Å². The van der Waals surface area contributed by atoms with Gasteiger partial charge in [-0.15, -0.1) is 5.10 Å². The summed E-state index contributed by atoms with van der Waals surface area (Å²) < 4.78 is 13.4. The van der Waals surface area contributed by atoms with Gasteiger partial charge in [-0.25, -0.2) is 4.68 Å². The first-order valence-corrected chi connectivity index (χ1v) is 9.73. The molecule has 1 aromatic heterocycles. The van der Waals surface area contributed by atoms with Gasteiger partial charge >= 0.3 is 0 Å². The number of rotatable bonds is 1. The third-order valence-electron chi connectivity index (χ3n) is 4.80. The number of hydrogen-bond donors (Lipinski definition) is 0. The van der Waals surface area contributed by atoms with Gasteiger partial charge in [-0.2, -0.15) is 0 Å². The van der Waals surface area contributed by atoms with Crippen molar-refractivity contribution >= 4 is 5.91 Å². The lowest BCUT2D eigenvalue weighted by molar-refractivity contribution is 0.0690. The van der Waals surface area contributed by atoms with E-state index in [1.165, 1.54) is 0 Å². The van der Waals surface area contributed by atoms with Crippen LogP contribution in [0.2, 0.25) is 0 Å². The molecule has 3 heterocycles. The molecular weight excluding hydrogens is 368 g/mol. The second kappa shape index (κ2) is 8.34. The lowest BCUT2D eigenvalue weighted by atomic mass is 10.1. The SMILES string of the molecule is CC(C)N1Cc2cccc(c2)OCc2cn(nn2)CCOc2ccc(cc2)C1=O. The molecule has 0 atom stereocenters. The predicted octanol–water partition coefficient (Wildman–Crippen LogP) is 3.30. The van der Waals surface area contributed by atoms with Gasteiger partial charge in [0.1, 0.15) is 30.4 Å². The molecule has 5 rings (SSSR count). The average Bonchev–Trinajstić information content (AvgIpc) is 3.18. The molecule has 2 aliphatic heterocycles. The van der Waals surface area contributed by atoms with Crippen molar-refractivity contribution in [1.29, 1.82) is 0 Å². The van der Waals surface area contributed by atoms with Crippen LogP contribution in [0.25, 0.3) is 0 Å². The number of fused-ring (bicyclic) bond motifs is 7. The molecule has 150 valence electrons. The third-order valence-corrected chi connectivity index (χ3v) is 4.80. The fourth-order valence-corrected chi connectivity index (χ4v) is 3.21. The molecule has 1 amide bonds. The molecule has 0 fully saturated rings. The molecule has 3 aromatic rings. The number of carbonyl (C=O) groups excluding carboxylic acids is 1. The van der Waals surface area contributed by atoms with Gasteiger partial charge < -0.3 is 14.4 Å². The molecule has 0 aliphatic carbocycles. The quantitative estimate of drug-likeness (QED) is 0.636. The van der Waals surface area contributed by atoms with Gasteiger partial charge in [0.25, 0.3) is 5.91 Å². The van der Waals surface area contributed by atoms with Crippen LogP contribution in [0.5, 0.6) is 11.5 Å². The van der Waals surface area contributed by atoms with Crippen LogP contribution >= 0.6 is 0 Å². The zero-order valence-corrected chi connectivity index (χ0v) is 16.6. The van der Waals surface area contributed by atoms with E-state index >= 15 is 0 Å². The maximum Gasteiger partial charge on any atom is 0.254 e. The Balaban J connectivity index is 1.66. The van der Waals surface area contributed by atoms with Crippen molar-refractivity contribution < 1.29 is 14.3 Å². The Morgan fingerprint density at radius 1 is 1.03 bits per heavy atom. The second-order valence-electron chi connectivity index (χ2n) is 7.31. The number of hydrogen-bond acceptors (Lipinski definition) is 5. The van der Waals surface area contributed by atoms with Gasteiger partial charge in [0.15, 0.2) is 0 Å². The summed E-state index contributed by atoms with van der Waals surface area (Å²) in [6.45, 7) is 5.90. The van der Waals surface area contributed by atoms with Crippen LogP contribution in [0.3, 0.4) is 0 Å². The highest BCUT2D eigenvalue weighted by atomic mass is 16.5. The van der Waals surface area contributed by atoms with Gasteiger partial charge in [0.05, 0.1) is 12.7 Å². The van der Waals surface area contributed by atoms with Crippen LogP contribution in [-0.2, 0) is 19.7 Å². The van der Waals surface area contributed by atoms with Gasteiger partial charge in [0.2, 0.25) is 0 Å². The first kappa shape index (κ1) is 19.0. The van der Waals surface area contributed by atoms with Crippen LogP contribution in [-0.4, -0.2) is 38.4 Å². The van der Waals surface area contributed by atoms with E-state index < -0.39 is 0 Å². The van der Waals surface area contributed by atoms with E-state index in [0.29, 0.717) is 31.9 Å². The molecule has 0 saturated carbocycles. The monoisotopic (exact) mass is 392 g/mol. The Bertz CT molecular complexity index is 982. The number of carbonyl (C=O) groups is 1. The largest absolute Gasteiger partial charge is 0.492 e. The molecular formula is C22H24N4O3. The molecule has 0 radical (unpaired) electrons. The summed E-state index contributed by atoms with van der Waals surface area (Å²) in [6, 6.07) is 15.1. The minimum Gasteiger partial charge on any atom is -0.492 e. The average molecular weight is 392 g/mol. The lowest BCUT2D eigenvalue weighted by Gasteiger charge is -2.27. The van der Waals surface area contributed by atoms with Crippen LogP contribution in [0.4, 0.5) is 0 Å². The number of amides is 1. The topological polar surface area (TPSA) is 69.5 Å². The molecule has 0 unspecified atom stereocenters. The minimum absolute atomic E-state index is 0.00843. The first-order chi connectivity index (χ1) is 14.1. The van der Waals surface area contributed by atoms with Crippen molar-refractivity contribution in [2.45, 2.75) is 39.6 Å². The second-order valence-corrected chi connectivity index (χ2v) is 7.31. The summed E-state index contributed by atoms with van der Waals surface area (Å²) in [6.07, 6.45) is 1.86.